The Morgan fingerprint density at radius 3 is 2.17 bits per heavy atom. The molecule has 5 rings (SSSR count). The summed E-state index contributed by atoms with van der Waals surface area (Å²) in [6.45, 7) is 0.637. The predicted molar refractivity (Wildman–Crippen MR) is 135 cm³/mol. The van der Waals surface area contributed by atoms with E-state index in [1.54, 1.807) is 38.5 Å². The molecule has 1 N–H and O–H groups in total. The molecule has 7 nitrogen and oxygen atoms in total. The first-order valence-corrected chi connectivity index (χ1v) is 11.8. The summed E-state index contributed by atoms with van der Waals surface area (Å²) in [5.41, 5.74) is 3.96. The molecule has 2 aliphatic heterocycles. The zero-order chi connectivity index (χ0) is 25.2. The third-order valence-electron chi connectivity index (χ3n) is 6.63. The van der Waals surface area contributed by atoms with E-state index in [1.165, 1.54) is 6.08 Å². The van der Waals surface area contributed by atoms with Crippen LogP contribution in [-0.2, 0) is 17.6 Å². The van der Waals surface area contributed by atoms with E-state index in [9.17, 15) is 14.4 Å². The highest BCUT2D eigenvalue weighted by Crippen LogP contribution is 2.35. The first-order valence-electron chi connectivity index (χ1n) is 11.8. The number of rotatable bonds is 7. The van der Waals surface area contributed by atoms with E-state index >= 15 is 0 Å². The molecule has 3 aromatic rings. The van der Waals surface area contributed by atoms with Gasteiger partial charge in [0.1, 0.15) is 6.04 Å². The summed E-state index contributed by atoms with van der Waals surface area (Å²) in [5, 5.41) is 3.30. The molecule has 0 radical (unpaired) electrons. The largest absolute Gasteiger partial charge is 0.493 e. The molecule has 0 fully saturated rings. The van der Waals surface area contributed by atoms with Crippen LogP contribution in [0.3, 0.4) is 0 Å². The van der Waals surface area contributed by atoms with Crippen LogP contribution in [0.2, 0.25) is 0 Å². The molecule has 1 atom stereocenters. The molecule has 3 aromatic carbocycles. The van der Waals surface area contributed by atoms with Gasteiger partial charge in [-0.1, -0.05) is 42.5 Å². The summed E-state index contributed by atoms with van der Waals surface area (Å²) in [6.07, 6.45) is 2.47. The highest BCUT2D eigenvalue weighted by atomic mass is 16.5. The van der Waals surface area contributed by atoms with Crippen molar-refractivity contribution in [2.75, 3.05) is 20.8 Å². The number of ether oxygens (including phenoxy) is 2. The lowest BCUT2D eigenvalue weighted by atomic mass is 9.94. The minimum absolute atomic E-state index is 0.216. The molecule has 0 aromatic heterocycles. The molecule has 2 amide bonds. The summed E-state index contributed by atoms with van der Waals surface area (Å²) in [6, 6.07) is 18.8. The van der Waals surface area contributed by atoms with E-state index in [0.29, 0.717) is 34.9 Å². The predicted octanol–water partition coefficient (Wildman–Crippen LogP) is 3.67. The van der Waals surface area contributed by atoms with E-state index in [0.717, 1.165) is 28.0 Å². The van der Waals surface area contributed by atoms with Crippen LogP contribution in [0.15, 0.2) is 72.8 Å². The topological polar surface area (TPSA) is 84.9 Å². The molecular formula is C29H26N2O5. The van der Waals surface area contributed by atoms with Crippen molar-refractivity contribution in [1.29, 1.82) is 0 Å². The van der Waals surface area contributed by atoms with Gasteiger partial charge in [0.15, 0.2) is 17.3 Å². The average molecular weight is 483 g/mol. The number of ketones is 1. The van der Waals surface area contributed by atoms with Gasteiger partial charge in [-0.15, -0.1) is 0 Å². The van der Waals surface area contributed by atoms with Gasteiger partial charge in [0.2, 0.25) is 0 Å². The lowest BCUT2D eigenvalue weighted by Crippen LogP contribution is -2.46. The Kier molecular flexibility index (Phi) is 6.29. The van der Waals surface area contributed by atoms with Crippen molar-refractivity contribution >= 4 is 23.3 Å². The second-order valence-corrected chi connectivity index (χ2v) is 8.73. The number of benzene rings is 3. The Morgan fingerprint density at radius 2 is 1.53 bits per heavy atom. The van der Waals surface area contributed by atoms with E-state index in [-0.39, 0.29) is 12.2 Å². The number of carbonyl (C=O) groups is 3. The second-order valence-electron chi connectivity index (χ2n) is 8.73. The summed E-state index contributed by atoms with van der Waals surface area (Å²) < 4.78 is 10.9. The van der Waals surface area contributed by atoms with Crippen molar-refractivity contribution in [3.05, 3.63) is 101 Å². The van der Waals surface area contributed by atoms with Gasteiger partial charge in [-0.25, -0.2) is 0 Å². The lowest BCUT2D eigenvalue weighted by Gasteiger charge is -2.26. The van der Waals surface area contributed by atoms with Crippen molar-refractivity contribution in [2.24, 2.45) is 0 Å². The zero-order valence-electron chi connectivity index (χ0n) is 20.1. The molecule has 0 saturated heterocycles. The van der Waals surface area contributed by atoms with Crippen LogP contribution in [0.1, 0.15) is 37.4 Å². The minimum atomic E-state index is -0.986. The molecule has 0 aliphatic carbocycles. The van der Waals surface area contributed by atoms with Crippen molar-refractivity contribution in [1.82, 2.24) is 10.2 Å². The van der Waals surface area contributed by atoms with E-state index < -0.39 is 17.9 Å². The van der Waals surface area contributed by atoms with Crippen molar-refractivity contribution in [2.45, 2.75) is 18.9 Å². The number of nitrogens with one attached hydrogen (secondary N) is 1. The first-order chi connectivity index (χ1) is 17.5. The number of fused-ring (bicyclic) bond motifs is 2. The molecule has 0 unspecified atom stereocenters. The van der Waals surface area contributed by atoms with Crippen molar-refractivity contribution in [3.63, 3.8) is 0 Å². The number of imide groups is 1. The van der Waals surface area contributed by atoms with Crippen LogP contribution in [-0.4, -0.2) is 49.3 Å². The molecule has 0 saturated carbocycles. The standard InChI is InChI=1S/C29H26N2O5/c1-35-26-15-19-12-13-30-23(22(19)16-27(26)36-2)17-25(32)24(14-18-8-4-3-5-9-18)31-28(33)20-10-6-7-11-21(20)29(31)34/h3-11,15-17,24,30H,12-14H2,1-2H3/t24-/m0/s1. The maximum atomic E-state index is 13.8. The second kappa shape index (κ2) is 9.70. The van der Waals surface area contributed by atoms with Gasteiger partial charge in [0.05, 0.1) is 25.3 Å². The van der Waals surface area contributed by atoms with Crippen molar-refractivity contribution < 1.29 is 23.9 Å². The number of hydrogen-bond donors (Lipinski definition) is 1. The lowest BCUT2D eigenvalue weighted by molar-refractivity contribution is -0.118. The average Bonchev–Trinajstić information content (AvgIpc) is 3.16. The van der Waals surface area contributed by atoms with Gasteiger partial charge in [0.25, 0.3) is 11.8 Å². The third kappa shape index (κ3) is 4.13. The molecule has 0 bridgehead atoms. The summed E-state index contributed by atoms with van der Waals surface area (Å²) >= 11 is 0. The molecular weight excluding hydrogens is 456 g/mol. The number of amides is 2. The molecule has 7 heteroatoms. The van der Waals surface area contributed by atoms with Gasteiger partial charge in [-0.2, -0.15) is 0 Å². The van der Waals surface area contributed by atoms with Gasteiger partial charge in [-0.05, 0) is 41.8 Å². The Balaban J connectivity index is 1.55. The quantitative estimate of drug-likeness (QED) is 0.409. The molecule has 0 spiro atoms. The fourth-order valence-electron chi connectivity index (χ4n) is 4.82. The molecule has 2 aliphatic rings. The van der Waals surface area contributed by atoms with Gasteiger partial charge < -0.3 is 14.8 Å². The monoisotopic (exact) mass is 482 g/mol. The zero-order valence-corrected chi connectivity index (χ0v) is 20.1. The first kappa shape index (κ1) is 23.4. The fourth-order valence-corrected chi connectivity index (χ4v) is 4.82. The van der Waals surface area contributed by atoms with E-state index in [4.69, 9.17) is 9.47 Å². The summed E-state index contributed by atoms with van der Waals surface area (Å²) in [4.78, 5) is 41.5. The van der Waals surface area contributed by atoms with E-state index in [2.05, 4.69) is 5.32 Å². The normalized spacial score (nSPS) is 16.3. The Labute approximate surface area is 209 Å². The minimum Gasteiger partial charge on any atom is -0.493 e. The van der Waals surface area contributed by atoms with E-state index in [1.807, 2.05) is 42.5 Å². The maximum absolute atomic E-state index is 13.8. The highest BCUT2D eigenvalue weighted by Gasteiger charge is 2.42. The Hall–Kier alpha value is -4.39. The van der Waals surface area contributed by atoms with Crippen LogP contribution in [0.5, 0.6) is 11.5 Å². The van der Waals surface area contributed by atoms with Crippen LogP contribution >= 0.6 is 0 Å². The van der Waals surface area contributed by atoms with Crippen LogP contribution in [0, 0.1) is 0 Å². The van der Waals surface area contributed by atoms with Crippen molar-refractivity contribution in [3.8, 4) is 11.5 Å². The number of hydrogen-bond acceptors (Lipinski definition) is 6. The molecule has 36 heavy (non-hydrogen) atoms. The number of carbonyl (C=O) groups excluding carboxylic acids is 3. The van der Waals surface area contributed by atoms with Gasteiger partial charge in [-0.3, -0.25) is 19.3 Å². The van der Waals surface area contributed by atoms with Crippen LogP contribution < -0.4 is 14.8 Å². The third-order valence-corrected chi connectivity index (χ3v) is 6.63. The van der Waals surface area contributed by atoms with Crippen LogP contribution in [0.25, 0.3) is 5.70 Å². The fraction of sp³-hybridized carbons (Fsp3) is 0.207. The summed E-state index contributed by atoms with van der Waals surface area (Å²) in [7, 11) is 3.15. The smallest absolute Gasteiger partial charge is 0.262 e. The molecule has 2 heterocycles. The Bertz CT molecular complexity index is 1340. The van der Waals surface area contributed by atoms with Gasteiger partial charge >= 0.3 is 0 Å². The SMILES string of the molecule is COc1cc2c(cc1OC)C(=CC(=O)[C@H](Cc1ccccc1)N1C(=O)c3ccccc3C1=O)NCC2. The number of methoxy groups -OCH3 is 2. The highest BCUT2D eigenvalue weighted by molar-refractivity contribution is 6.23. The Morgan fingerprint density at radius 1 is 0.917 bits per heavy atom. The number of nitrogens with zero attached hydrogens (tertiary/aromatic N) is 1. The van der Waals surface area contributed by atoms with Crippen LogP contribution in [0.4, 0.5) is 0 Å². The maximum Gasteiger partial charge on any atom is 0.262 e. The summed E-state index contributed by atoms with van der Waals surface area (Å²) in [5.74, 6) is -0.0619. The molecule has 182 valence electrons. The van der Waals surface area contributed by atoms with Gasteiger partial charge in [0, 0.05) is 30.3 Å².